The fourth-order valence-corrected chi connectivity index (χ4v) is 2.68. The maximum atomic E-state index is 12.5. The van der Waals surface area contributed by atoms with E-state index in [0.717, 1.165) is 19.3 Å². The maximum Gasteiger partial charge on any atom is 0.326 e. The summed E-state index contributed by atoms with van der Waals surface area (Å²) in [4.78, 5) is 29.0. The topological polar surface area (TPSA) is 70.5 Å². The van der Waals surface area contributed by atoms with Crippen molar-refractivity contribution in [1.29, 1.82) is 0 Å². The van der Waals surface area contributed by atoms with Gasteiger partial charge in [-0.2, -0.15) is 0 Å². The van der Waals surface area contributed by atoms with Gasteiger partial charge in [-0.15, -0.1) is 0 Å². The summed E-state index contributed by atoms with van der Waals surface area (Å²) in [5.41, 5.74) is 0.194. The van der Waals surface area contributed by atoms with Crippen LogP contribution >= 0.6 is 23.2 Å². The number of pyridine rings is 1. The quantitative estimate of drug-likeness (QED) is 0.852. The Bertz CT molecular complexity index is 536. The second kappa shape index (κ2) is 6.41. The number of carbonyl (C=O) groups excluding carboxylic acids is 1. The fourth-order valence-electron chi connectivity index (χ4n) is 2.34. The number of aliphatic carboxylic acids is 1. The van der Waals surface area contributed by atoms with Crippen molar-refractivity contribution in [3.8, 4) is 0 Å². The van der Waals surface area contributed by atoms with Gasteiger partial charge in [-0.1, -0.05) is 36.0 Å². The van der Waals surface area contributed by atoms with Gasteiger partial charge in [0.15, 0.2) is 0 Å². The summed E-state index contributed by atoms with van der Waals surface area (Å²) < 4.78 is 0. The highest BCUT2D eigenvalue weighted by atomic mass is 35.5. The number of hydrogen-bond acceptors (Lipinski definition) is 3. The predicted molar refractivity (Wildman–Crippen MR) is 75.2 cm³/mol. The molecule has 0 spiro atoms. The highest BCUT2D eigenvalue weighted by Gasteiger charge is 2.32. The zero-order valence-electron chi connectivity index (χ0n) is 10.7. The zero-order chi connectivity index (χ0) is 14.7. The first kappa shape index (κ1) is 15.1. The molecule has 0 radical (unpaired) electrons. The van der Waals surface area contributed by atoms with Crippen LogP contribution in [-0.2, 0) is 4.79 Å². The van der Waals surface area contributed by atoms with Crippen LogP contribution in [0.15, 0.2) is 12.3 Å². The number of nitrogens with zero attached hydrogens (tertiary/aromatic N) is 2. The minimum atomic E-state index is -0.989. The number of likely N-dealkylation sites (tertiary alicyclic amines) is 1. The van der Waals surface area contributed by atoms with E-state index < -0.39 is 17.9 Å². The Balaban J connectivity index is 2.33. The molecular formula is C13H14Cl2N2O3. The van der Waals surface area contributed by atoms with Crippen LogP contribution in [0, 0.1) is 0 Å². The average Bonchev–Trinajstić information content (AvgIpc) is 2.66. The van der Waals surface area contributed by atoms with Gasteiger partial charge in [0, 0.05) is 12.7 Å². The Morgan fingerprint density at radius 1 is 1.30 bits per heavy atom. The number of carboxylic acids is 1. The Labute approximate surface area is 126 Å². The summed E-state index contributed by atoms with van der Waals surface area (Å²) >= 11 is 11.7. The van der Waals surface area contributed by atoms with Crippen LogP contribution in [-0.4, -0.2) is 39.5 Å². The number of halogens is 2. The highest BCUT2D eigenvalue weighted by molar-refractivity contribution is 6.35. The molecule has 0 aromatic carbocycles. The smallest absolute Gasteiger partial charge is 0.326 e. The van der Waals surface area contributed by atoms with Crippen LogP contribution < -0.4 is 0 Å². The van der Waals surface area contributed by atoms with Crippen molar-refractivity contribution in [3.05, 3.63) is 28.0 Å². The third-order valence-corrected chi connectivity index (χ3v) is 3.86. The number of amides is 1. The summed E-state index contributed by atoms with van der Waals surface area (Å²) in [6.07, 6.45) is 4.25. The van der Waals surface area contributed by atoms with E-state index in [1.807, 2.05) is 0 Å². The van der Waals surface area contributed by atoms with E-state index in [1.54, 1.807) is 0 Å². The van der Waals surface area contributed by atoms with Crippen molar-refractivity contribution in [2.45, 2.75) is 31.7 Å². The third-order valence-electron chi connectivity index (χ3n) is 3.35. The van der Waals surface area contributed by atoms with Crippen molar-refractivity contribution in [2.75, 3.05) is 6.54 Å². The lowest BCUT2D eigenvalue weighted by Gasteiger charge is -2.27. The lowest BCUT2D eigenvalue weighted by molar-refractivity contribution is -0.142. The van der Waals surface area contributed by atoms with Crippen LogP contribution in [0.3, 0.4) is 0 Å². The van der Waals surface area contributed by atoms with Gasteiger partial charge in [0.25, 0.3) is 5.91 Å². The maximum absolute atomic E-state index is 12.5. The molecule has 20 heavy (non-hydrogen) atoms. The largest absolute Gasteiger partial charge is 0.480 e. The Kier molecular flexibility index (Phi) is 4.83. The second-order valence-electron chi connectivity index (χ2n) is 4.69. The molecule has 1 aromatic rings. The van der Waals surface area contributed by atoms with E-state index in [1.165, 1.54) is 17.2 Å². The molecule has 0 saturated carbocycles. The number of rotatable bonds is 2. The zero-order valence-corrected chi connectivity index (χ0v) is 12.2. The summed E-state index contributed by atoms with van der Waals surface area (Å²) in [6, 6.07) is 0.559. The summed E-state index contributed by atoms with van der Waals surface area (Å²) in [6.45, 7) is 0.409. The fraction of sp³-hybridized carbons (Fsp3) is 0.462. The lowest BCUT2D eigenvalue weighted by atomic mass is 10.1. The van der Waals surface area contributed by atoms with Crippen molar-refractivity contribution >= 4 is 35.1 Å². The number of carbonyl (C=O) groups is 2. The molecule has 1 atom stereocenters. The molecule has 1 aliphatic rings. The molecule has 7 heteroatoms. The summed E-state index contributed by atoms with van der Waals surface area (Å²) in [5.74, 6) is -1.40. The molecule has 0 bridgehead atoms. The monoisotopic (exact) mass is 316 g/mol. The predicted octanol–water partition coefficient (Wildman–Crippen LogP) is 2.86. The molecule has 1 amide bonds. The van der Waals surface area contributed by atoms with Crippen LogP contribution in [0.5, 0.6) is 0 Å². The van der Waals surface area contributed by atoms with E-state index in [9.17, 15) is 14.7 Å². The minimum Gasteiger partial charge on any atom is -0.480 e. The number of hydrogen-bond donors (Lipinski definition) is 1. The summed E-state index contributed by atoms with van der Waals surface area (Å²) in [7, 11) is 0. The number of carboxylic acid groups (broad SMARTS) is 1. The number of aromatic nitrogens is 1. The van der Waals surface area contributed by atoms with E-state index in [4.69, 9.17) is 23.2 Å². The van der Waals surface area contributed by atoms with E-state index in [-0.39, 0.29) is 15.7 Å². The van der Waals surface area contributed by atoms with Crippen molar-refractivity contribution in [1.82, 2.24) is 9.88 Å². The van der Waals surface area contributed by atoms with Crippen LogP contribution in [0.2, 0.25) is 10.2 Å². The Hall–Kier alpha value is -1.33. The van der Waals surface area contributed by atoms with Gasteiger partial charge in [-0.05, 0) is 18.9 Å². The Morgan fingerprint density at radius 2 is 2.05 bits per heavy atom. The molecule has 1 aromatic heterocycles. The van der Waals surface area contributed by atoms with Crippen molar-refractivity contribution in [3.63, 3.8) is 0 Å². The van der Waals surface area contributed by atoms with E-state index in [0.29, 0.717) is 13.0 Å². The third kappa shape index (κ3) is 3.22. The molecule has 1 saturated heterocycles. The van der Waals surface area contributed by atoms with Gasteiger partial charge < -0.3 is 10.0 Å². The first-order valence-electron chi connectivity index (χ1n) is 6.35. The van der Waals surface area contributed by atoms with E-state index >= 15 is 0 Å². The Morgan fingerprint density at radius 3 is 2.75 bits per heavy atom. The van der Waals surface area contributed by atoms with Gasteiger partial charge in [0.05, 0.1) is 10.6 Å². The van der Waals surface area contributed by atoms with Crippen LogP contribution in [0.4, 0.5) is 0 Å². The highest BCUT2D eigenvalue weighted by Crippen LogP contribution is 2.24. The summed E-state index contributed by atoms with van der Waals surface area (Å²) in [5, 5.41) is 9.61. The lowest BCUT2D eigenvalue weighted by Crippen LogP contribution is -2.44. The molecule has 1 aliphatic heterocycles. The minimum absolute atomic E-state index is 0.152. The van der Waals surface area contributed by atoms with Gasteiger partial charge in [0.2, 0.25) is 0 Å². The normalized spacial score (nSPS) is 19.5. The molecule has 0 aliphatic carbocycles. The van der Waals surface area contributed by atoms with Crippen molar-refractivity contribution in [2.24, 2.45) is 0 Å². The SMILES string of the molecule is O=C(O)C1CCCCCN1C(=O)c1cc(Cl)ncc1Cl. The van der Waals surface area contributed by atoms with Gasteiger partial charge in [0.1, 0.15) is 11.2 Å². The van der Waals surface area contributed by atoms with Crippen LogP contribution in [0.25, 0.3) is 0 Å². The standard InChI is InChI=1S/C13H14Cl2N2O3/c14-9-7-16-11(15)6-8(9)12(18)17-5-3-1-2-4-10(17)13(19)20/h6-7,10H,1-5H2,(H,19,20). The van der Waals surface area contributed by atoms with Gasteiger partial charge in [-0.25, -0.2) is 9.78 Å². The van der Waals surface area contributed by atoms with Gasteiger partial charge in [-0.3, -0.25) is 4.79 Å². The molecule has 5 nitrogen and oxygen atoms in total. The van der Waals surface area contributed by atoms with Gasteiger partial charge >= 0.3 is 5.97 Å². The second-order valence-corrected chi connectivity index (χ2v) is 5.48. The molecule has 108 valence electrons. The van der Waals surface area contributed by atoms with Crippen molar-refractivity contribution < 1.29 is 14.7 Å². The molecule has 2 heterocycles. The van der Waals surface area contributed by atoms with E-state index in [2.05, 4.69) is 4.98 Å². The first-order valence-corrected chi connectivity index (χ1v) is 7.11. The molecular weight excluding hydrogens is 303 g/mol. The molecule has 1 N–H and O–H groups in total. The average molecular weight is 317 g/mol. The first-order chi connectivity index (χ1) is 9.50. The molecule has 1 fully saturated rings. The molecule has 1 unspecified atom stereocenters. The molecule has 2 rings (SSSR count). The van der Waals surface area contributed by atoms with Crippen LogP contribution in [0.1, 0.15) is 36.0 Å².